The predicted octanol–water partition coefficient (Wildman–Crippen LogP) is 1.83. The van der Waals surface area contributed by atoms with Crippen LogP contribution in [0.2, 0.25) is 0 Å². The Bertz CT molecular complexity index is 625. The Kier molecular flexibility index (Phi) is 6.78. The summed E-state index contributed by atoms with van der Waals surface area (Å²) in [5, 5.41) is 8.84. The zero-order valence-corrected chi connectivity index (χ0v) is 14.3. The van der Waals surface area contributed by atoms with Gasteiger partial charge < -0.3 is 9.84 Å². The number of thiophene rings is 1. The third-order valence-electron chi connectivity index (χ3n) is 2.31. The zero-order chi connectivity index (χ0) is 16.0. The second-order valence-corrected chi connectivity index (χ2v) is 7.97. The number of carbonyl (C=O) groups is 2. The van der Waals surface area contributed by atoms with Crippen LogP contribution in [-0.2, 0) is 19.6 Å². The summed E-state index contributed by atoms with van der Waals surface area (Å²) >= 11 is 3.86. The molecule has 0 amide bonds. The Morgan fingerprint density at radius 1 is 1.48 bits per heavy atom. The topological polar surface area (TPSA) is 110 Å². The van der Waals surface area contributed by atoms with Crippen LogP contribution in [-0.4, -0.2) is 38.6 Å². The molecule has 21 heavy (non-hydrogen) atoms. The van der Waals surface area contributed by atoms with E-state index in [1.807, 2.05) is 0 Å². The molecule has 0 saturated heterocycles. The number of aromatic carboxylic acids is 1. The number of carboxylic acids is 1. The van der Waals surface area contributed by atoms with E-state index in [9.17, 15) is 18.0 Å². The fourth-order valence-electron chi connectivity index (χ4n) is 1.39. The first kappa shape index (κ1) is 18.1. The van der Waals surface area contributed by atoms with Gasteiger partial charge in [0, 0.05) is 13.0 Å². The Morgan fingerprint density at radius 3 is 2.67 bits per heavy atom. The summed E-state index contributed by atoms with van der Waals surface area (Å²) in [6.45, 7) is 2.03. The molecule has 1 heterocycles. The van der Waals surface area contributed by atoms with Crippen LogP contribution in [0, 0.1) is 0 Å². The second-order valence-electron chi connectivity index (χ2n) is 3.86. The molecule has 118 valence electrons. The number of ether oxygens (including phenoxy) is 1. The summed E-state index contributed by atoms with van der Waals surface area (Å²) in [5.41, 5.74) is 0. The highest BCUT2D eigenvalue weighted by Crippen LogP contribution is 2.31. The van der Waals surface area contributed by atoms with E-state index in [0.717, 1.165) is 17.4 Å². The SMILES string of the molecule is CCOC(=O)CCCNS(=O)(=O)c1cc(C(=O)O)sc1Br. The molecular weight excluding hydrogens is 386 g/mol. The molecule has 0 unspecified atom stereocenters. The van der Waals surface area contributed by atoms with Gasteiger partial charge in [-0.2, -0.15) is 0 Å². The molecule has 1 aromatic heterocycles. The van der Waals surface area contributed by atoms with E-state index in [4.69, 9.17) is 9.84 Å². The van der Waals surface area contributed by atoms with Crippen molar-refractivity contribution in [2.45, 2.75) is 24.7 Å². The van der Waals surface area contributed by atoms with Crippen molar-refractivity contribution in [3.8, 4) is 0 Å². The van der Waals surface area contributed by atoms with Gasteiger partial charge in [-0.15, -0.1) is 11.3 Å². The fraction of sp³-hybridized carbons (Fsp3) is 0.455. The largest absolute Gasteiger partial charge is 0.477 e. The first-order valence-corrected chi connectivity index (χ1v) is 9.05. The average Bonchev–Trinajstić information content (AvgIpc) is 2.78. The summed E-state index contributed by atoms with van der Waals surface area (Å²) in [6.07, 6.45) is 0.410. The summed E-state index contributed by atoms with van der Waals surface area (Å²) in [7, 11) is -3.82. The summed E-state index contributed by atoms with van der Waals surface area (Å²) in [6, 6.07) is 1.09. The number of nitrogens with one attached hydrogen (secondary N) is 1. The molecule has 2 N–H and O–H groups in total. The fourth-order valence-corrected chi connectivity index (χ4v) is 4.87. The molecule has 0 saturated carbocycles. The van der Waals surface area contributed by atoms with E-state index >= 15 is 0 Å². The van der Waals surface area contributed by atoms with Crippen LogP contribution in [0.1, 0.15) is 29.4 Å². The molecule has 1 aromatic rings. The van der Waals surface area contributed by atoms with Crippen LogP contribution in [0.25, 0.3) is 0 Å². The number of halogens is 1. The molecule has 0 aliphatic rings. The predicted molar refractivity (Wildman–Crippen MR) is 80.0 cm³/mol. The highest BCUT2D eigenvalue weighted by atomic mass is 79.9. The minimum absolute atomic E-state index is 0.0613. The van der Waals surface area contributed by atoms with Gasteiger partial charge in [-0.05, 0) is 35.3 Å². The standard InChI is InChI=1S/C11H14BrNO6S2/c1-2-19-9(14)4-3-5-13-21(17,18)8-6-7(11(15)16)20-10(8)12/h6,13H,2-5H2,1H3,(H,15,16). The highest BCUT2D eigenvalue weighted by Gasteiger charge is 2.22. The van der Waals surface area contributed by atoms with Crippen molar-refractivity contribution in [3.05, 3.63) is 14.7 Å². The number of rotatable bonds is 8. The monoisotopic (exact) mass is 399 g/mol. The Morgan fingerprint density at radius 2 is 2.14 bits per heavy atom. The normalized spacial score (nSPS) is 11.3. The Balaban J connectivity index is 2.62. The van der Waals surface area contributed by atoms with Gasteiger partial charge in [-0.3, -0.25) is 4.79 Å². The van der Waals surface area contributed by atoms with Crippen molar-refractivity contribution in [3.63, 3.8) is 0 Å². The number of hydrogen-bond donors (Lipinski definition) is 2. The summed E-state index contributed by atoms with van der Waals surface area (Å²) in [4.78, 5) is 21.7. The smallest absolute Gasteiger partial charge is 0.345 e. The van der Waals surface area contributed by atoms with Crippen molar-refractivity contribution in [2.24, 2.45) is 0 Å². The van der Waals surface area contributed by atoms with Crippen LogP contribution in [0.3, 0.4) is 0 Å². The third kappa shape index (κ3) is 5.38. The van der Waals surface area contributed by atoms with Gasteiger partial charge in [0.2, 0.25) is 10.0 Å². The number of esters is 1. The summed E-state index contributed by atoms with van der Waals surface area (Å²) in [5.74, 6) is -1.58. The third-order valence-corrected chi connectivity index (χ3v) is 6.01. The van der Waals surface area contributed by atoms with Crippen molar-refractivity contribution in [1.82, 2.24) is 4.72 Å². The number of hydrogen-bond acceptors (Lipinski definition) is 6. The van der Waals surface area contributed by atoms with Crippen LogP contribution in [0.4, 0.5) is 0 Å². The van der Waals surface area contributed by atoms with Crippen LogP contribution in [0.15, 0.2) is 14.7 Å². The van der Waals surface area contributed by atoms with Crippen molar-refractivity contribution < 1.29 is 27.9 Å². The van der Waals surface area contributed by atoms with Crippen molar-refractivity contribution in [1.29, 1.82) is 0 Å². The molecule has 10 heteroatoms. The maximum Gasteiger partial charge on any atom is 0.345 e. The maximum absolute atomic E-state index is 12.0. The van der Waals surface area contributed by atoms with Crippen LogP contribution >= 0.6 is 27.3 Å². The van der Waals surface area contributed by atoms with Gasteiger partial charge in [0.1, 0.15) is 9.77 Å². The Hall–Kier alpha value is -0.970. The lowest BCUT2D eigenvalue weighted by Gasteiger charge is -2.05. The Labute approximate surface area is 134 Å². The van der Waals surface area contributed by atoms with Gasteiger partial charge >= 0.3 is 11.9 Å². The van der Waals surface area contributed by atoms with Gasteiger partial charge in [-0.1, -0.05) is 0 Å². The van der Waals surface area contributed by atoms with E-state index < -0.39 is 16.0 Å². The molecule has 0 aliphatic carbocycles. The lowest BCUT2D eigenvalue weighted by Crippen LogP contribution is -2.25. The number of carbonyl (C=O) groups excluding carboxylic acids is 1. The molecule has 0 spiro atoms. The lowest BCUT2D eigenvalue weighted by atomic mass is 10.3. The average molecular weight is 400 g/mol. The first-order chi connectivity index (χ1) is 9.77. The molecule has 0 fully saturated rings. The van der Waals surface area contributed by atoms with Crippen LogP contribution in [0.5, 0.6) is 0 Å². The molecule has 0 bridgehead atoms. The highest BCUT2D eigenvalue weighted by molar-refractivity contribution is 9.11. The molecule has 0 aromatic carbocycles. The van der Waals surface area contributed by atoms with Crippen molar-refractivity contribution >= 4 is 49.2 Å². The molecular formula is C11H14BrNO6S2. The van der Waals surface area contributed by atoms with Crippen molar-refractivity contribution in [2.75, 3.05) is 13.2 Å². The summed E-state index contributed by atoms with van der Waals surface area (Å²) < 4.78 is 31.3. The van der Waals surface area contributed by atoms with E-state index in [1.54, 1.807) is 6.92 Å². The number of carboxylic acid groups (broad SMARTS) is 1. The van der Waals surface area contributed by atoms with Gasteiger partial charge in [0.15, 0.2) is 0 Å². The van der Waals surface area contributed by atoms with E-state index in [0.29, 0.717) is 6.42 Å². The van der Waals surface area contributed by atoms with Gasteiger partial charge in [0.25, 0.3) is 0 Å². The molecule has 0 radical (unpaired) electrons. The zero-order valence-electron chi connectivity index (χ0n) is 11.1. The maximum atomic E-state index is 12.0. The van der Waals surface area contributed by atoms with Gasteiger partial charge in [0.05, 0.1) is 10.4 Å². The second kappa shape index (κ2) is 7.87. The molecule has 1 rings (SSSR count). The molecule has 0 atom stereocenters. The molecule has 7 nitrogen and oxygen atoms in total. The number of sulfonamides is 1. The quantitative estimate of drug-likeness (QED) is 0.509. The first-order valence-electron chi connectivity index (χ1n) is 5.96. The van der Waals surface area contributed by atoms with Gasteiger partial charge in [-0.25, -0.2) is 17.9 Å². The lowest BCUT2D eigenvalue weighted by molar-refractivity contribution is -0.143. The van der Waals surface area contributed by atoms with E-state index in [1.165, 1.54) is 0 Å². The molecule has 0 aliphatic heterocycles. The minimum Gasteiger partial charge on any atom is -0.477 e. The minimum atomic E-state index is -3.82. The van der Waals surface area contributed by atoms with E-state index in [2.05, 4.69) is 20.7 Å². The van der Waals surface area contributed by atoms with E-state index in [-0.39, 0.29) is 39.1 Å². The van der Waals surface area contributed by atoms with Crippen LogP contribution < -0.4 is 4.72 Å².